The second-order valence-electron chi connectivity index (χ2n) is 17.1. The Bertz CT molecular complexity index is 1730. The lowest BCUT2D eigenvalue weighted by Gasteiger charge is -2.70. The van der Waals surface area contributed by atoms with Crippen LogP contribution in [0.3, 0.4) is 0 Å². The quantitative estimate of drug-likeness (QED) is 0.234. The van der Waals surface area contributed by atoms with Crippen molar-refractivity contribution in [2.24, 2.45) is 50.0 Å². The number of hydrogen-bond donors (Lipinski definition) is 4. The van der Waals surface area contributed by atoms with Crippen LogP contribution in [0, 0.1) is 44.8 Å². The summed E-state index contributed by atoms with van der Waals surface area (Å²) in [5, 5.41) is 23.9. The van der Waals surface area contributed by atoms with Gasteiger partial charge in [-0.2, -0.15) is 5.10 Å². The number of primary sulfonamides is 1. The second-order valence-corrected chi connectivity index (χ2v) is 19.8. The highest BCUT2D eigenvalue weighted by molar-refractivity contribution is 7.91. The molecular weight excluding hydrogens is 607 g/mol. The van der Waals surface area contributed by atoms with Crippen molar-refractivity contribution in [3.05, 3.63) is 22.9 Å². The van der Waals surface area contributed by atoms with Crippen molar-refractivity contribution < 1.29 is 13.2 Å². The maximum atomic E-state index is 14.4. The molecule has 0 saturated heterocycles. The zero-order valence-corrected chi connectivity index (χ0v) is 29.3. The number of H-pyrrole nitrogens is 1. The fourth-order valence-corrected chi connectivity index (χ4v) is 13.0. The highest BCUT2D eigenvalue weighted by atomic mass is 32.2. The Hall–Kier alpha value is -2.31. The van der Waals surface area contributed by atoms with Gasteiger partial charge < -0.3 is 5.73 Å². The molecule has 0 bridgehead atoms. The Labute approximate surface area is 271 Å². The van der Waals surface area contributed by atoms with Gasteiger partial charge in [0, 0.05) is 16.7 Å². The van der Waals surface area contributed by atoms with Gasteiger partial charge in [-0.3, -0.25) is 15.2 Å². The number of nitrogens with one attached hydrogen (secondary N) is 2. The lowest BCUT2D eigenvalue weighted by molar-refractivity contribution is -0.165. The van der Waals surface area contributed by atoms with Gasteiger partial charge in [-0.15, -0.1) is 10.2 Å². The van der Waals surface area contributed by atoms with Crippen LogP contribution in [0.1, 0.15) is 111 Å². The van der Waals surface area contributed by atoms with E-state index < -0.39 is 15.4 Å². The predicted molar refractivity (Wildman–Crippen MR) is 176 cm³/mol. The molecule has 246 valence electrons. The Morgan fingerprint density at radius 1 is 1.02 bits per heavy atom. The van der Waals surface area contributed by atoms with Crippen LogP contribution in [0.4, 0.5) is 10.9 Å². The molecule has 2 aromatic rings. The van der Waals surface area contributed by atoms with Gasteiger partial charge >= 0.3 is 0 Å². The Morgan fingerprint density at radius 2 is 1.73 bits per heavy atom. The molecule has 1 amide bonds. The average molecular weight is 656 g/mol. The topological polar surface area (TPSA) is 170 Å². The first-order chi connectivity index (χ1) is 20.8. The summed E-state index contributed by atoms with van der Waals surface area (Å²) >= 11 is 0.814. The van der Waals surface area contributed by atoms with Gasteiger partial charge in [0.15, 0.2) is 0 Å². The highest BCUT2D eigenvalue weighted by Crippen LogP contribution is 2.75. The monoisotopic (exact) mass is 655 g/mol. The Kier molecular flexibility index (Phi) is 6.54. The number of sulfonamides is 1. The van der Waals surface area contributed by atoms with Gasteiger partial charge in [0.05, 0.1) is 5.41 Å². The molecule has 45 heavy (non-hydrogen) atoms. The van der Waals surface area contributed by atoms with E-state index in [1.54, 1.807) is 0 Å². The summed E-state index contributed by atoms with van der Waals surface area (Å²) in [4.78, 5) is 14.4. The van der Waals surface area contributed by atoms with Crippen molar-refractivity contribution in [3.8, 4) is 0 Å². The zero-order valence-electron chi connectivity index (χ0n) is 27.7. The van der Waals surface area contributed by atoms with Crippen LogP contribution in [0.15, 0.2) is 16.0 Å². The van der Waals surface area contributed by atoms with Crippen molar-refractivity contribution in [1.29, 1.82) is 0 Å². The smallest absolute Gasteiger partial charge is 0.267 e. The highest BCUT2D eigenvalue weighted by Gasteiger charge is 2.69. The van der Waals surface area contributed by atoms with Crippen LogP contribution in [0.2, 0.25) is 0 Å². The first-order valence-electron chi connectivity index (χ1n) is 16.5. The molecule has 0 spiro atoms. The number of carbonyl (C=O) groups excluding carboxylic acids is 1. The minimum absolute atomic E-state index is 0.0400. The Balaban J connectivity index is 1.28. The fourth-order valence-electron chi connectivity index (χ4n) is 11.7. The number of fused-ring (bicyclic) bond motifs is 8. The molecule has 7 atom stereocenters. The van der Waals surface area contributed by atoms with Gasteiger partial charge in [-0.25, -0.2) is 13.6 Å². The SMILES string of the molecule is CC1(C)CC[C@]2(C(=O)Nc3nnc(S(N)(=O)=O)s3)CC[C@]3(C)C(=CCC4[C@@]5(C)Cc6c(N)n[nH]c6C(C)(C)C5CC[C@]43C)C2C1. The van der Waals surface area contributed by atoms with Crippen LogP contribution < -0.4 is 16.2 Å². The average Bonchev–Trinajstić information content (AvgIpc) is 3.55. The minimum atomic E-state index is -3.99. The number of anilines is 2. The summed E-state index contributed by atoms with van der Waals surface area (Å²) in [5.41, 5.74) is 9.97. The number of carbonyl (C=O) groups is 1. The summed E-state index contributed by atoms with van der Waals surface area (Å²) in [6, 6.07) is 0. The number of rotatable bonds is 3. The number of aromatic amines is 1. The predicted octanol–water partition coefficient (Wildman–Crippen LogP) is 5.94. The van der Waals surface area contributed by atoms with Crippen molar-refractivity contribution in [2.45, 2.75) is 116 Å². The van der Waals surface area contributed by atoms with Gasteiger partial charge in [0.1, 0.15) is 5.82 Å². The summed E-state index contributed by atoms with van der Waals surface area (Å²) in [6.07, 6.45) is 11.3. The largest absolute Gasteiger partial charge is 0.382 e. The maximum Gasteiger partial charge on any atom is 0.267 e. The van der Waals surface area contributed by atoms with E-state index in [0.29, 0.717) is 17.7 Å². The molecule has 0 aromatic carbocycles. The van der Waals surface area contributed by atoms with Crippen molar-refractivity contribution in [2.75, 3.05) is 11.1 Å². The first kappa shape index (κ1) is 31.3. The number of allylic oxidation sites excluding steroid dienone is 2. The van der Waals surface area contributed by atoms with Crippen LogP contribution >= 0.6 is 11.3 Å². The van der Waals surface area contributed by atoms with E-state index in [9.17, 15) is 13.2 Å². The molecule has 10 nitrogen and oxygen atoms in total. The number of amides is 1. The molecule has 12 heteroatoms. The maximum absolute atomic E-state index is 14.4. The summed E-state index contributed by atoms with van der Waals surface area (Å²) in [6.45, 7) is 17.0. The second kappa shape index (κ2) is 9.40. The third-order valence-electron chi connectivity index (χ3n) is 14.2. The standard InChI is InChI=1S/C33H49N7O3S2/c1-28(2)12-14-33(25(41)36-26-39-40-27(44-26)45(35,42)43)15-13-31(6)19(20(33)17-28)8-9-22-30(5)16-18-23(37-38-24(18)34)29(3,4)21(30)10-11-32(22,31)7/h8,20-22H,9-17H2,1-7H3,(H3,34,37,38)(H2,35,42,43)(H,36,39,41)/t20?,21?,22?,30-,31+,32+,33-/m0/s1. The number of aromatic nitrogens is 4. The number of nitrogen functional groups attached to an aromatic ring is 1. The Morgan fingerprint density at radius 3 is 2.42 bits per heavy atom. The molecule has 0 radical (unpaired) electrons. The van der Waals surface area contributed by atoms with Gasteiger partial charge in [0.25, 0.3) is 10.0 Å². The lowest BCUT2D eigenvalue weighted by Crippen LogP contribution is -2.65. The van der Waals surface area contributed by atoms with Crippen LogP contribution in [-0.4, -0.2) is 34.7 Å². The van der Waals surface area contributed by atoms with E-state index in [0.717, 1.165) is 69.1 Å². The summed E-state index contributed by atoms with van der Waals surface area (Å²) in [5.74, 6) is 1.68. The van der Waals surface area contributed by atoms with Crippen molar-refractivity contribution in [1.82, 2.24) is 20.4 Å². The molecule has 3 unspecified atom stereocenters. The third-order valence-corrected chi connectivity index (χ3v) is 16.3. The minimum Gasteiger partial charge on any atom is -0.382 e. The van der Waals surface area contributed by atoms with E-state index in [1.807, 2.05) is 0 Å². The zero-order chi connectivity index (χ0) is 32.6. The van der Waals surface area contributed by atoms with Crippen LogP contribution in [-0.2, 0) is 26.7 Å². The van der Waals surface area contributed by atoms with E-state index >= 15 is 0 Å². The first-order valence-corrected chi connectivity index (χ1v) is 18.9. The molecule has 5 aliphatic rings. The van der Waals surface area contributed by atoms with Gasteiger partial charge in [-0.05, 0) is 97.2 Å². The molecule has 5 aliphatic carbocycles. The van der Waals surface area contributed by atoms with E-state index in [4.69, 9.17) is 10.9 Å². The van der Waals surface area contributed by atoms with E-state index in [1.165, 1.54) is 16.8 Å². The van der Waals surface area contributed by atoms with E-state index in [2.05, 4.69) is 80.3 Å². The van der Waals surface area contributed by atoms with Crippen LogP contribution in [0.25, 0.3) is 0 Å². The molecule has 2 aromatic heterocycles. The normalized spacial score (nSPS) is 39.7. The summed E-state index contributed by atoms with van der Waals surface area (Å²) in [7, 11) is -3.99. The fraction of sp³-hybridized carbons (Fsp3) is 0.758. The number of nitrogens with two attached hydrogens (primary N) is 2. The molecular formula is C33H49N7O3S2. The molecule has 3 fully saturated rings. The number of hydrogen-bond acceptors (Lipinski definition) is 8. The molecule has 2 heterocycles. The van der Waals surface area contributed by atoms with Crippen LogP contribution in [0.5, 0.6) is 0 Å². The van der Waals surface area contributed by atoms with E-state index in [-0.39, 0.29) is 48.4 Å². The molecule has 0 aliphatic heterocycles. The van der Waals surface area contributed by atoms with Crippen molar-refractivity contribution >= 4 is 38.2 Å². The van der Waals surface area contributed by atoms with Gasteiger partial charge in [-0.1, -0.05) is 71.5 Å². The lowest BCUT2D eigenvalue weighted by atomic mass is 9.33. The van der Waals surface area contributed by atoms with Crippen molar-refractivity contribution in [3.63, 3.8) is 0 Å². The molecule has 3 saturated carbocycles. The molecule has 6 N–H and O–H groups in total. The number of nitrogens with zero attached hydrogens (tertiary/aromatic N) is 3. The molecule has 7 rings (SSSR count). The summed E-state index contributed by atoms with van der Waals surface area (Å²) < 4.78 is 23.4. The third kappa shape index (κ3) is 4.16. The van der Waals surface area contributed by atoms with Gasteiger partial charge in [0.2, 0.25) is 15.4 Å².